The molecule has 0 spiro atoms. The van der Waals surface area contributed by atoms with E-state index in [1.807, 2.05) is 6.92 Å². The molecule has 122 valence electrons. The number of nitrogens with zero attached hydrogens (tertiary/aromatic N) is 1. The zero-order valence-electron chi connectivity index (χ0n) is 12.7. The molecule has 1 amide bonds. The van der Waals surface area contributed by atoms with Gasteiger partial charge in [0.15, 0.2) is 9.84 Å². The van der Waals surface area contributed by atoms with Crippen LogP contribution in [0.4, 0.5) is 0 Å². The maximum Gasteiger partial charge on any atom is 0.252 e. The van der Waals surface area contributed by atoms with Crippen LogP contribution in [0, 0.1) is 0 Å². The maximum atomic E-state index is 12.1. The first-order chi connectivity index (χ1) is 11.0. The Balaban J connectivity index is 1.89. The number of ether oxygens (including phenoxy) is 1. The topological polar surface area (TPSA) is 85.4 Å². The van der Waals surface area contributed by atoms with E-state index >= 15 is 0 Å². The van der Waals surface area contributed by atoms with Gasteiger partial charge in [-0.1, -0.05) is 18.2 Å². The van der Waals surface area contributed by atoms with Crippen LogP contribution in [0.25, 0.3) is 0 Å². The predicted molar refractivity (Wildman–Crippen MR) is 86.2 cm³/mol. The summed E-state index contributed by atoms with van der Waals surface area (Å²) in [5, 5.41) is 2.58. The van der Waals surface area contributed by atoms with Crippen LogP contribution in [0.5, 0.6) is 5.88 Å². The fourth-order valence-corrected chi connectivity index (χ4v) is 3.07. The van der Waals surface area contributed by atoms with Crippen molar-refractivity contribution >= 4 is 15.7 Å². The number of hydrogen-bond donors (Lipinski definition) is 1. The largest absolute Gasteiger partial charge is 0.478 e. The van der Waals surface area contributed by atoms with Gasteiger partial charge in [0, 0.05) is 18.8 Å². The normalized spacial score (nSPS) is 11.0. The number of nitrogens with one attached hydrogen (secondary N) is 1. The average Bonchev–Trinajstić information content (AvgIpc) is 2.56. The number of benzene rings is 1. The SMILES string of the molecule is CCOc1ccc(C(=O)NCCS(=O)(=O)c2ccccc2)cn1. The smallest absolute Gasteiger partial charge is 0.252 e. The van der Waals surface area contributed by atoms with Crippen molar-refractivity contribution < 1.29 is 17.9 Å². The van der Waals surface area contributed by atoms with Gasteiger partial charge in [0.25, 0.3) is 5.91 Å². The molecule has 0 saturated carbocycles. The molecule has 23 heavy (non-hydrogen) atoms. The molecule has 0 radical (unpaired) electrons. The number of carbonyl (C=O) groups is 1. The van der Waals surface area contributed by atoms with E-state index < -0.39 is 9.84 Å². The number of rotatable bonds is 7. The second kappa shape index (κ2) is 7.73. The van der Waals surface area contributed by atoms with Crippen LogP contribution in [-0.4, -0.2) is 38.2 Å². The Labute approximate surface area is 135 Å². The van der Waals surface area contributed by atoms with E-state index in [9.17, 15) is 13.2 Å². The van der Waals surface area contributed by atoms with Gasteiger partial charge >= 0.3 is 0 Å². The van der Waals surface area contributed by atoms with Crippen LogP contribution in [0.2, 0.25) is 0 Å². The molecule has 0 bridgehead atoms. The summed E-state index contributed by atoms with van der Waals surface area (Å²) >= 11 is 0. The van der Waals surface area contributed by atoms with E-state index in [4.69, 9.17) is 4.74 Å². The van der Waals surface area contributed by atoms with Crippen LogP contribution in [-0.2, 0) is 9.84 Å². The summed E-state index contributed by atoms with van der Waals surface area (Å²) in [7, 11) is -3.40. The lowest BCUT2D eigenvalue weighted by molar-refractivity contribution is 0.0955. The summed E-state index contributed by atoms with van der Waals surface area (Å²) in [6.07, 6.45) is 1.39. The molecule has 0 aliphatic rings. The number of carbonyl (C=O) groups excluding carboxylic acids is 1. The predicted octanol–water partition coefficient (Wildman–Crippen LogP) is 1.68. The first-order valence-electron chi connectivity index (χ1n) is 7.18. The van der Waals surface area contributed by atoms with Crippen molar-refractivity contribution in [2.75, 3.05) is 18.9 Å². The van der Waals surface area contributed by atoms with Gasteiger partial charge in [0.1, 0.15) is 0 Å². The molecule has 0 atom stereocenters. The first kappa shape index (κ1) is 17.0. The monoisotopic (exact) mass is 334 g/mol. The highest BCUT2D eigenvalue weighted by atomic mass is 32.2. The summed E-state index contributed by atoms with van der Waals surface area (Å²) in [5.74, 6) is -0.0905. The summed E-state index contributed by atoms with van der Waals surface area (Å²) in [6.45, 7) is 2.37. The standard InChI is InChI=1S/C16H18N2O4S/c1-2-22-15-9-8-13(12-18-15)16(19)17-10-11-23(20,21)14-6-4-3-5-7-14/h3-9,12H,2,10-11H2,1H3,(H,17,19). The molecule has 0 saturated heterocycles. The second-order valence-electron chi connectivity index (χ2n) is 4.71. The number of sulfone groups is 1. The molecule has 6 nitrogen and oxygen atoms in total. The van der Waals surface area contributed by atoms with Crippen molar-refractivity contribution in [2.24, 2.45) is 0 Å². The van der Waals surface area contributed by atoms with Gasteiger partial charge in [0.05, 0.1) is 22.8 Å². The quantitative estimate of drug-likeness (QED) is 0.833. The Kier molecular flexibility index (Phi) is 5.70. The lowest BCUT2D eigenvalue weighted by atomic mass is 10.2. The van der Waals surface area contributed by atoms with E-state index in [0.29, 0.717) is 18.1 Å². The summed E-state index contributed by atoms with van der Waals surface area (Å²) < 4.78 is 29.4. The summed E-state index contributed by atoms with van der Waals surface area (Å²) in [6, 6.07) is 11.3. The third-order valence-electron chi connectivity index (χ3n) is 3.05. The fourth-order valence-electron chi connectivity index (χ4n) is 1.89. The molecule has 2 aromatic rings. The van der Waals surface area contributed by atoms with Crippen LogP contribution in [0.15, 0.2) is 53.6 Å². The molecule has 1 N–H and O–H groups in total. The van der Waals surface area contributed by atoms with Crippen LogP contribution < -0.4 is 10.1 Å². The van der Waals surface area contributed by atoms with Gasteiger partial charge in [-0.2, -0.15) is 0 Å². The van der Waals surface area contributed by atoms with Crippen LogP contribution in [0.1, 0.15) is 17.3 Å². The van der Waals surface area contributed by atoms with Gasteiger partial charge in [-0.25, -0.2) is 13.4 Å². The minimum atomic E-state index is -3.40. The fraction of sp³-hybridized carbons (Fsp3) is 0.250. The number of hydrogen-bond acceptors (Lipinski definition) is 5. The van der Waals surface area contributed by atoms with E-state index in [-0.39, 0.29) is 23.1 Å². The number of pyridine rings is 1. The maximum absolute atomic E-state index is 12.1. The summed E-state index contributed by atoms with van der Waals surface area (Å²) in [5.41, 5.74) is 0.352. The highest BCUT2D eigenvalue weighted by Crippen LogP contribution is 2.10. The molecule has 0 aliphatic carbocycles. The zero-order chi connectivity index (χ0) is 16.7. The lowest BCUT2D eigenvalue weighted by Crippen LogP contribution is -2.29. The molecule has 0 aliphatic heterocycles. The minimum Gasteiger partial charge on any atom is -0.478 e. The van der Waals surface area contributed by atoms with Crippen LogP contribution >= 0.6 is 0 Å². The average molecular weight is 334 g/mol. The third-order valence-corrected chi connectivity index (χ3v) is 4.78. The van der Waals surface area contributed by atoms with Gasteiger partial charge in [-0.15, -0.1) is 0 Å². The van der Waals surface area contributed by atoms with Gasteiger partial charge < -0.3 is 10.1 Å². The van der Waals surface area contributed by atoms with E-state index in [0.717, 1.165) is 0 Å². The van der Waals surface area contributed by atoms with Crippen molar-refractivity contribution in [3.63, 3.8) is 0 Å². The van der Waals surface area contributed by atoms with Crippen molar-refractivity contribution in [3.05, 3.63) is 54.2 Å². The Morgan fingerprint density at radius 2 is 1.91 bits per heavy atom. The van der Waals surface area contributed by atoms with E-state index in [1.165, 1.54) is 18.3 Å². The molecular formula is C16H18N2O4S. The third kappa shape index (κ3) is 4.79. The van der Waals surface area contributed by atoms with Crippen molar-refractivity contribution in [3.8, 4) is 5.88 Å². The molecule has 7 heteroatoms. The van der Waals surface area contributed by atoms with Crippen LogP contribution in [0.3, 0.4) is 0 Å². The Bertz CT molecular complexity index is 743. The summed E-state index contributed by atoms with van der Waals surface area (Å²) in [4.78, 5) is 16.2. The molecule has 2 rings (SSSR count). The first-order valence-corrected chi connectivity index (χ1v) is 8.83. The number of aromatic nitrogens is 1. The molecule has 1 heterocycles. The van der Waals surface area contributed by atoms with Gasteiger partial charge in [-0.05, 0) is 25.1 Å². The second-order valence-corrected chi connectivity index (χ2v) is 6.82. The molecule has 1 aromatic carbocycles. The Morgan fingerprint density at radius 3 is 2.52 bits per heavy atom. The van der Waals surface area contributed by atoms with E-state index in [1.54, 1.807) is 30.3 Å². The molecule has 0 fully saturated rings. The van der Waals surface area contributed by atoms with Crippen molar-refractivity contribution in [1.82, 2.24) is 10.3 Å². The molecule has 0 unspecified atom stereocenters. The highest BCUT2D eigenvalue weighted by Gasteiger charge is 2.14. The molecular weight excluding hydrogens is 316 g/mol. The van der Waals surface area contributed by atoms with Gasteiger partial charge in [-0.3, -0.25) is 4.79 Å². The minimum absolute atomic E-state index is 0.0310. The lowest BCUT2D eigenvalue weighted by Gasteiger charge is -2.07. The van der Waals surface area contributed by atoms with Crippen molar-refractivity contribution in [1.29, 1.82) is 0 Å². The van der Waals surface area contributed by atoms with E-state index in [2.05, 4.69) is 10.3 Å². The number of amides is 1. The van der Waals surface area contributed by atoms with Crippen molar-refractivity contribution in [2.45, 2.75) is 11.8 Å². The Morgan fingerprint density at radius 1 is 1.17 bits per heavy atom. The highest BCUT2D eigenvalue weighted by molar-refractivity contribution is 7.91. The Hall–Kier alpha value is -2.41. The van der Waals surface area contributed by atoms with Gasteiger partial charge in [0.2, 0.25) is 5.88 Å². The molecule has 1 aromatic heterocycles. The zero-order valence-corrected chi connectivity index (χ0v) is 13.5.